The van der Waals surface area contributed by atoms with Crippen LogP contribution in [-0.2, 0) is 0 Å². The number of allylic oxidation sites excluding steroid dienone is 1. The SMILES string of the molecule is C/C(=C\C(C)C)C1(N)CC1. The molecule has 0 aromatic rings. The first kappa shape index (κ1) is 7.80. The van der Waals surface area contributed by atoms with Gasteiger partial charge in [0, 0.05) is 5.54 Å². The molecule has 0 aromatic heterocycles. The molecule has 0 heterocycles. The van der Waals surface area contributed by atoms with E-state index in [4.69, 9.17) is 5.73 Å². The third-order valence-corrected chi connectivity index (χ3v) is 2.16. The molecule has 0 radical (unpaired) electrons. The summed E-state index contributed by atoms with van der Waals surface area (Å²) in [5.74, 6) is 0.640. The van der Waals surface area contributed by atoms with Crippen LogP contribution in [0.25, 0.3) is 0 Å². The maximum absolute atomic E-state index is 5.97. The summed E-state index contributed by atoms with van der Waals surface area (Å²) in [5, 5.41) is 0. The number of hydrogen-bond acceptors (Lipinski definition) is 1. The minimum atomic E-state index is 0.101. The van der Waals surface area contributed by atoms with Gasteiger partial charge in [0.1, 0.15) is 0 Å². The number of nitrogens with two attached hydrogens (primary N) is 1. The summed E-state index contributed by atoms with van der Waals surface area (Å²) in [4.78, 5) is 0. The largest absolute Gasteiger partial charge is 0.322 e. The van der Waals surface area contributed by atoms with Crippen LogP contribution in [0.2, 0.25) is 0 Å². The van der Waals surface area contributed by atoms with E-state index in [0.717, 1.165) is 0 Å². The van der Waals surface area contributed by atoms with Crippen LogP contribution in [0.4, 0.5) is 0 Å². The summed E-state index contributed by atoms with van der Waals surface area (Å²) in [6, 6.07) is 0. The van der Waals surface area contributed by atoms with Crippen LogP contribution in [0.5, 0.6) is 0 Å². The Morgan fingerprint density at radius 1 is 1.50 bits per heavy atom. The minimum Gasteiger partial charge on any atom is -0.322 e. The smallest absolute Gasteiger partial charge is 0.0367 e. The van der Waals surface area contributed by atoms with Crippen LogP contribution in [-0.4, -0.2) is 5.54 Å². The van der Waals surface area contributed by atoms with E-state index in [-0.39, 0.29) is 5.54 Å². The predicted octanol–water partition coefficient (Wildman–Crippen LogP) is 2.08. The second-order valence-electron chi connectivity index (χ2n) is 3.75. The van der Waals surface area contributed by atoms with Gasteiger partial charge >= 0.3 is 0 Å². The molecule has 10 heavy (non-hydrogen) atoms. The Labute approximate surface area is 63.3 Å². The summed E-state index contributed by atoms with van der Waals surface area (Å²) in [6.45, 7) is 6.53. The van der Waals surface area contributed by atoms with Crippen molar-refractivity contribution in [1.29, 1.82) is 0 Å². The first-order chi connectivity index (χ1) is 4.54. The molecule has 1 rings (SSSR count). The quantitative estimate of drug-likeness (QED) is 0.582. The summed E-state index contributed by atoms with van der Waals surface area (Å²) < 4.78 is 0. The summed E-state index contributed by atoms with van der Waals surface area (Å²) in [5.41, 5.74) is 7.45. The molecule has 1 aliphatic carbocycles. The second kappa shape index (κ2) is 2.39. The van der Waals surface area contributed by atoms with Crippen molar-refractivity contribution in [3.8, 4) is 0 Å². The lowest BCUT2D eigenvalue weighted by molar-refractivity contribution is 0.747. The van der Waals surface area contributed by atoms with Crippen molar-refractivity contribution >= 4 is 0 Å². The van der Waals surface area contributed by atoms with Crippen molar-refractivity contribution in [1.82, 2.24) is 0 Å². The zero-order valence-electron chi connectivity index (χ0n) is 7.15. The Morgan fingerprint density at radius 3 is 2.30 bits per heavy atom. The highest BCUT2D eigenvalue weighted by Gasteiger charge is 2.39. The van der Waals surface area contributed by atoms with Crippen molar-refractivity contribution in [2.75, 3.05) is 0 Å². The molecule has 0 saturated heterocycles. The Hall–Kier alpha value is -0.300. The first-order valence-electron chi connectivity index (χ1n) is 4.02. The topological polar surface area (TPSA) is 26.0 Å². The third-order valence-electron chi connectivity index (χ3n) is 2.16. The number of rotatable bonds is 2. The fourth-order valence-electron chi connectivity index (χ4n) is 1.19. The van der Waals surface area contributed by atoms with Crippen LogP contribution in [0.3, 0.4) is 0 Å². The summed E-state index contributed by atoms with van der Waals surface area (Å²) in [6.07, 6.45) is 4.64. The highest BCUT2D eigenvalue weighted by molar-refractivity contribution is 5.25. The maximum atomic E-state index is 5.97. The summed E-state index contributed by atoms with van der Waals surface area (Å²) >= 11 is 0. The lowest BCUT2D eigenvalue weighted by atomic mass is 10.0. The van der Waals surface area contributed by atoms with E-state index in [1.807, 2.05) is 0 Å². The Bertz CT molecular complexity index is 152. The standard InChI is InChI=1S/C9H17N/c1-7(2)6-8(3)9(10)4-5-9/h6-7H,4-5,10H2,1-3H3/b8-6+. The molecule has 0 aromatic carbocycles. The average molecular weight is 139 g/mol. The molecule has 0 bridgehead atoms. The van der Waals surface area contributed by atoms with Crippen LogP contribution < -0.4 is 5.73 Å². The van der Waals surface area contributed by atoms with Crippen LogP contribution in [0.15, 0.2) is 11.6 Å². The van der Waals surface area contributed by atoms with Gasteiger partial charge in [-0.2, -0.15) is 0 Å². The molecule has 1 fully saturated rings. The summed E-state index contributed by atoms with van der Waals surface area (Å²) in [7, 11) is 0. The molecule has 0 spiro atoms. The van der Waals surface area contributed by atoms with Crippen LogP contribution in [0, 0.1) is 5.92 Å². The molecule has 2 N–H and O–H groups in total. The molecule has 1 saturated carbocycles. The maximum Gasteiger partial charge on any atom is 0.0367 e. The van der Waals surface area contributed by atoms with Gasteiger partial charge in [-0.15, -0.1) is 0 Å². The van der Waals surface area contributed by atoms with Crippen LogP contribution in [0.1, 0.15) is 33.6 Å². The van der Waals surface area contributed by atoms with Gasteiger partial charge in [-0.25, -0.2) is 0 Å². The van der Waals surface area contributed by atoms with Crippen molar-refractivity contribution in [2.45, 2.75) is 39.2 Å². The Kier molecular flexibility index (Phi) is 1.86. The highest BCUT2D eigenvalue weighted by atomic mass is 14.8. The highest BCUT2D eigenvalue weighted by Crippen LogP contribution is 2.39. The lowest BCUT2D eigenvalue weighted by Gasteiger charge is -2.09. The molecule has 1 nitrogen and oxygen atoms in total. The predicted molar refractivity (Wildman–Crippen MR) is 44.7 cm³/mol. The fourth-order valence-corrected chi connectivity index (χ4v) is 1.19. The first-order valence-corrected chi connectivity index (χ1v) is 4.02. The van der Waals surface area contributed by atoms with Gasteiger partial charge in [0.2, 0.25) is 0 Å². The fraction of sp³-hybridized carbons (Fsp3) is 0.778. The van der Waals surface area contributed by atoms with Gasteiger partial charge in [0.15, 0.2) is 0 Å². The molecular weight excluding hydrogens is 122 g/mol. The molecule has 0 unspecified atom stereocenters. The van der Waals surface area contributed by atoms with Crippen molar-refractivity contribution in [3.63, 3.8) is 0 Å². The minimum absolute atomic E-state index is 0.101. The monoisotopic (exact) mass is 139 g/mol. The Morgan fingerprint density at radius 2 is 2.00 bits per heavy atom. The third kappa shape index (κ3) is 1.60. The van der Waals surface area contributed by atoms with E-state index in [9.17, 15) is 0 Å². The van der Waals surface area contributed by atoms with Gasteiger partial charge in [0.05, 0.1) is 0 Å². The van der Waals surface area contributed by atoms with Gasteiger partial charge in [-0.05, 0) is 25.7 Å². The van der Waals surface area contributed by atoms with Crippen molar-refractivity contribution < 1.29 is 0 Å². The molecular formula is C9H17N. The molecule has 1 aliphatic rings. The van der Waals surface area contributed by atoms with Gasteiger partial charge in [-0.1, -0.05) is 25.5 Å². The normalized spacial score (nSPS) is 23.5. The molecule has 0 atom stereocenters. The van der Waals surface area contributed by atoms with E-state index in [1.165, 1.54) is 18.4 Å². The van der Waals surface area contributed by atoms with E-state index in [0.29, 0.717) is 5.92 Å². The van der Waals surface area contributed by atoms with E-state index >= 15 is 0 Å². The van der Waals surface area contributed by atoms with E-state index < -0.39 is 0 Å². The van der Waals surface area contributed by atoms with Crippen molar-refractivity contribution in [2.24, 2.45) is 11.7 Å². The van der Waals surface area contributed by atoms with Gasteiger partial charge in [0.25, 0.3) is 0 Å². The van der Waals surface area contributed by atoms with Gasteiger partial charge < -0.3 is 5.73 Å². The van der Waals surface area contributed by atoms with E-state index in [1.54, 1.807) is 0 Å². The molecule has 0 amide bonds. The average Bonchev–Trinajstić information content (AvgIpc) is 2.47. The van der Waals surface area contributed by atoms with Crippen molar-refractivity contribution in [3.05, 3.63) is 11.6 Å². The lowest BCUT2D eigenvalue weighted by Crippen LogP contribution is -2.23. The zero-order chi connectivity index (χ0) is 7.78. The molecule has 1 heteroatoms. The van der Waals surface area contributed by atoms with Crippen LogP contribution >= 0.6 is 0 Å². The second-order valence-corrected chi connectivity index (χ2v) is 3.75. The van der Waals surface area contributed by atoms with E-state index in [2.05, 4.69) is 26.8 Å². The Balaban J connectivity index is 2.55. The molecule has 0 aliphatic heterocycles. The molecule has 58 valence electrons. The number of hydrogen-bond donors (Lipinski definition) is 1. The zero-order valence-corrected chi connectivity index (χ0v) is 7.15. The van der Waals surface area contributed by atoms with Gasteiger partial charge in [-0.3, -0.25) is 0 Å².